The number of carbonyl (C=O) groups is 1. The highest BCUT2D eigenvalue weighted by Gasteiger charge is 2.29. The van der Waals surface area contributed by atoms with Gasteiger partial charge in [0.2, 0.25) is 5.95 Å². The van der Waals surface area contributed by atoms with Crippen LogP contribution in [0.1, 0.15) is 28.4 Å². The molecule has 1 unspecified atom stereocenters. The number of hydrogen-bond donors (Lipinski definition) is 1. The van der Waals surface area contributed by atoms with Gasteiger partial charge in [-0.1, -0.05) is 0 Å². The number of anilines is 1. The van der Waals surface area contributed by atoms with Gasteiger partial charge < -0.3 is 9.80 Å². The molecular formula is C20H24N6O3. The number of amides is 1. The smallest absolute Gasteiger partial charge is 0.328 e. The first-order valence-electron chi connectivity index (χ1n) is 9.49. The van der Waals surface area contributed by atoms with Crippen LogP contribution in [0, 0.1) is 0 Å². The van der Waals surface area contributed by atoms with Crippen molar-refractivity contribution in [1.82, 2.24) is 24.0 Å². The average molecular weight is 396 g/mol. The number of nitrogens with zero attached hydrogens (tertiary/aromatic N) is 5. The van der Waals surface area contributed by atoms with E-state index < -0.39 is 0 Å². The van der Waals surface area contributed by atoms with Gasteiger partial charge in [-0.05, 0) is 24.6 Å². The van der Waals surface area contributed by atoms with E-state index in [9.17, 15) is 14.4 Å². The second kappa shape index (κ2) is 6.91. The van der Waals surface area contributed by atoms with E-state index in [2.05, 4.69) is 9.97 Å². The quantitative estimate of drug-likeness (QED) is 0.702. The Morgan fingerprint density at radius 3 is 2.59 bits per heavy atom. The molecule has 3 aromatic rings. The van der Waals surface area contributed by atoms with Crippen molar-refractivity contribution in [2.45, 2.75) is 12.3 Å². The molecule has 9 nitrogen and oxygen atoms in total. The summed E-state index contributed by atoms with van der Waals surface area (Å²) in [5.41, 5.74) is 2.45. The minimum absolute atomic E-state index is 0.0183. The lowest BCUT2D eigenvalue weighted by Crippen LogP contribution is -2.29. The molecule has 1 aromatic carbocycles. The molecule has 0 spiro atoms. The molecule has 1 atom stereocenters. The standard InChI is InChI=1S/C20H24N6O3/c1-23(2)19-21-14(10-17(27)22-19)13-7-8-26(11-13)18(28)12-5-6-15-16(9-12)25(4)20(29)24(15)3/h5-6,9-10,13H,7-8,11H2,1-4H3,(H,21,22,27). The van der Waals surface area contributed by atoms with Crippen LogP contribution in [-0.2, 0) is 14.1 Å². The van der Waals surface area contributed by atoms with Crippen molar-refractivity contribution in [3.63, 3.8) is 0 Å². The van der Waals surface area contributed by atoms with Gasteiger partial charge in [-0.3, -0.25) is 23.7 Å². The highest BCUT2D eigenvalue weighted by molar-refractivity contribution is 5.97. The Bertz CT molecular complexity index is 1220. The fourth-order valence-electron chi connectivity index (χ4n) is 3.89. The third-order valence-corrected chi connectivity index (χ3v) is 5.59. The molecule has 2 aromatic heterocycles. The third kappa shape index (κ3) is 3.22. The number of nitrogens with one attached hydrogen (secondary N) is 1. The SMILES string of the molecule is CN(C)c1nc(C2CCN(C(=O)c3ccc4c(c3)n(C)c(=O)n4C)C2)cc(=O)[nH]1. The molecule has 9 heteroatoms. The number of imidazole rings is 1. The first-order valence-corrected chi connectivity index (χ1v) is 9.49. The Morgan fingerprint density at radius 2 is 1.86 bits per heavy atom. The molecule has 1 N–H and O–H groups in total. The lowest BCUT2D eigenvalue weighted by Gasteiger charge is -2.17. The molecule has 0 saturated carbocycles. The Kier molecular flexibility index (Phi) is 4.52. The molecule has 0 radical (unpaired) electrons. The summed E-state index contributed by atoms with van der Waals surface area (Å²) in [5, 5.41) is 0. The van der Waals surface area contributed by atoms with Gasteiger partial charge in [-0.15, -0.1) is 0 Å². The summed E-state index contributed by atoms with van der Waals surface area (Å²) in [6, 6.07) is 6.84. The summed E-state index contributed by atoms with van der Waals surface area (Å²) < 4.78 is 3.11. The van der Waals surface area contributed by atoms with Crippen LogP contribution in [0.3, 0.4) is 0 Å². The normalized spacial score (nSPS) is 16.6. The second-order valence-electron chi connectivity index (χ2n) is 7.73. The molecule has 29 heavy (non-hydrogen) atoms. The summed E-state index contributed by atoms with van der Waals surface area (Å²) >= 11 is 0. The predicted octanol–water partition coefficient (Wildman–Crippen LogP) is 0.656. The van der Waals surface area contributed by atoms with Gasteiger partial charge in [0.15, 0.2) is 0 Å². The Hall–Kier alpha value is -3.36. The van der Waals surface area contributed by atoms with E-state index in [-0.39, 0.29) is 23.1 Å². The first-order chi connectivity index (χ1) is 13.8. The van der Waals surface area contributed by atoms with Gasteiger partial charge >= 0.3 is 5.69 Å². The molecule has 1 saturated heterocycles. The summed E-state index contributed by atoms with van der Waals surface area (Å²) in [6.45, 7) is 1.11. The van der Waals surface area contributed by atoms with Crippen molar-refractivity contribution in [3.05, 3.63) is 56.4 Å². The molecule has 1 aliphatic heterocycles. The van der Waals surface area contributed by atoms with Crippen LogP contribution >= 0.6 is 0 Å². The molecule has 152 valence electrons. The Balaban J connectivity index is 1.59. The molecule has 1 amide bonds. The van der Waals surface area contributed by atoms with Crippen molar-refractivity contribution in [3.8, 4) is 0 Å². The van der Waals surface area contributed by atoms with Gasteiger partial charge in [0.25, 0.3) is 11.5 Å². The van der Waals surface area contributed by atoms with Crippen LogP contribution in [0.2, 0.25) is 0 Å². The maximum Gasteiger partial charge on any atom is 0.328 e. The molecule has 1 fully saturated rings. The molecule has 3 heterocycles. The van der Waals surface area contributed by atoms with Crippen molar-refractivity contribution in [2.24, 2.45) is 14.1 Å². The molecule has 1 aliphatic rings. The van der Waals surface area contributed by atoms with Gasteiger partial charge in [-0.2, -0.15) is 0 Å². The largest absolute Gasteiger partial charge is 0.348 e. The minimum Gasteiger partial charge on any atom is -0.348 e. The van der Waals surface area contributed by atoms with E-state index in [0.717, 1.165) is 17.5 Å². The maximum atomic E-state index is 13.0. The Labute approximate surface area is 167 Å². The highest BCUT2D eigenvalue weighted by Crippen LogP contribution is 2.27. The second-order valence-corrected chi connectivity index (χ2v) is 7.73. The van der Waals surface area contributed by atoms with Crippen LogP contribution in [0.25, 0.3) is 11.0 Å². The summed E-state index contributed by atoms with van der Waals surface area (Å²) in [5.74, 6) is 0.445. The van der Waals surface area contributed by atoms with E-state index in [4.69, 9.17) is 0 Å². The van der Waals surface area contributed by atoms with E-state index in [1.54, 1.807) is 51.2 Å². The lowest BCUT2D eigenvalue weighted by atomic mass is 10.0. The zero-order valence-electron chi connectivity index (χ0n) is 17.0. The van der Waals surface area contributed by atoms with Crippen LogP contribution in [0.15, 0.2) is 33.9 Å². The number of hydrogen-bond acceptors (Lipinski definition) is 5. The minimum atomic E-state index is -0.195. The van der Waals surface area contributed by atoms with Crippen LogP contribution in [-0.4, -0.2) is 57.1 Å². The predicted molar refractivity (Wildman–Crippen MR) is 111 cm³/mol. The highest BCUT2D eigenvalue weighted by atomic mass is 16.2. The number of carbonyl (C=O) groups excluding carboxylic acids is 1. The number of fused-ring (bicyclic) bond motifs is 1. The van der Waals surface area contributed by atoms with Crippen molar-refractivity contribution < 1.29 is 4.79 Å². The maximum absolute atomic E-state index is 13.0. The number of H-pyrrole nitrogens is 1. The molecule has 0 bridgehead atoms. The van der Waals surface area contributed by atoms with Gasteiger partial charge in [0.05, 0.1) is 16.7 Å². The average Bonchev–Trinajstić information content (AvgIpc) is 3.27. The third-order valence-electron chi connectivity index (χ3n) is 5.59. The van der Waals surface area contributed by atoms with E-state index in [1.165, 1.54) is 6.07 Å². The monoisotopic (exact) mass is 396 g/mol. The molecule has 4 rings (SSSR count). The first kappa shape index (κ1) is 19.0. The number of aryl methyl sites for hydroxylation is 2. The van der Waals surface area contributed by atoms with E-state index >= 15 is 0 Å². The Morgan fingerprint density at radius 1 is 1.14 bits per heavy atom. The lowest BCUT2D eigenvalue weighted by molar-refractivity contribution is 0.0791. The van der Waals surface area contributed by atoms with Crippen LogP contribution in [0.5, 0.6) is 0 Å². The van der Waals surface area contributed by atoms with Crippen molar-refractivity contribution in [1.29, 1.82) is 0 Å². The number of aromatic nitrogens is 4. The fraction of sp³-hybridized carbons (Fsp3) is 0.400. The van der Waals surface area contributed by atoms with E-state index in [0.29, 0.717) is 30.3 Å². The van der Waals surface area contributed by atoms with Crippen molar-refractivity contribution in [2.75, 3.05) is 32.1 Å². The van der Waals surface area contributed by atoms with Gasteiger partial charge in [-0.25, -0.2) is 9.78 Å². The summed E-state index contributed by atoms with van der Waals surface area (Å²) in [4.78, 5) is 47.9. The number of rotatable bonds is 3. The molecule has 0 aliphatic carbocycles. The van der Waals surface area contributed by atoms with Crippen LogP contribution < -0.4 is 16.1 Å². The van der Waals surface area contributed by atoms with Crippen LogP contribution in [0.4, 0.5) is 5.95 Å². The number of aromatic amines is 1. The number of likely N-dealkylation sites (tertiary alicyclic amines) is 1. The van der Waals surface area contributed by atoms with Gasteiger partial charge in [0.1, 0.15) is 0 Å². The van der Waals surface area contributed by atoms with Crippen molar-refractivity contribution >= 4 is 22.9 Å². The topological polar surface area (TPSA) is 96.2 Å². The zero-order chi connectivity index (χ0) is 20.9. The zero-order valence-corrected chi connectivity index (χ0v) is 17.0. The van der Waals surface area contributed by atoms with Gasteiger partial charge in [0, 0.05) is 58.8 Å². The number of benzene rings is 1. The fourth-order valence-corrected chi connectivity index (χ4v) is 3.89. The summed E-state index contributed by atoms with van der Waals surface area (Å²) in [7, 11) is 7.05. The van der Waals surface area contributed by atoms with E-state index in [1.807, 2.05) is 14.1 Å². The summed E-state index contributed by atoms with van der Waals surface area (Å²) in [6.07, 6.45) is 0.751. The molecular weight excluding hydrogens is 372 g/mol.